The highest BCUT2D eigenvalue weighted by molar-refractivity contribution is 7.14. The summed E-state index contributed by atoms with van der Waals surface area (Å²) in [5, 5.41) is 4.97. The van der Waals surface area contributed by atoms with Crippen molar-refractivity contribution in [2.24, 2.45) is 11.7 Å². The molecule has 1 atom stereocenters. The van der Waals surface area contributed by atoms with Gasteiger partial charge in [0.15, 0.2) is 5.13 Å². The van der Waals surface area contributed by atoms with Crippen molar-refractivity contribution in [1.29, 1.82) is 0 Å². The van der Waals surface area contributed by atoms with Crippen molar-refractivity contribution in [3.63, 3.8) is 0 Å². The molecule has 1 unspecified atom stereocenters. The smallest absolute Gasteiger partial charge is 0.260 e. The highest BCUT2D eigenvalue weighted by Crippen LogP contribution is 2.18. The van der Waals surface area contributed by atoms with Crippen LogP contribution in [-0.4, -0.2) is 41.3 Å². The van der Waals surface area contributed by atoms with Crippen LogP contribution in [-0.2, 0) is 11.2 Å². The minimum Gasteiger partial charge on any atom is -0.469 e. The molecule has 3 N–H and O–H groups in total. The number of anilines is 1. The van der Waals surface area contributed by atoms with Gasteiger partial charge in [-0.05, 0) is 25.3 Å². The fraction of sp³-hybridized carbons (Fsp3) is 0.500. The molecule has 0 aliphatic carbocycles. The Morgan fingerprint density at radius 2 is 2.04 bits per heavy atom. The second-order valence-electron chi connectivity index (χ2n) is 6.68. The number of likely N-dealkylation sites (N-methyl/N-ethyl adjacent to an activating group) is 1. The third-order valence-corrected chi connectivity index (χ3v) is 5.09. The van der Waals surface area contributed by atoms with Crippen LogP contribution in [0.3, 0.4) is 0 Å². The molecule has 10 heteroatoms. The average molecular weight is 451 g/mol. The second-order valence-corrected chi connectivity index (χ2v) is 7.54. The van der Waals surface area contributed by atoms with Crippen LogP contribution in [0.25, 0.3) is 0 Å². The summed E-state index contributed by atoms with van der Waals surface area (Å²) < 4.78 is 5.12. The first-order valence-electron chi connectivity index (χ1n) is 8.57. The Labute approximate surface area is 181 Å². The van der Waals surface area contributed by atoms with Crippen molar-refractivity contribution in [3.8, 4) is 0 Å². The summed E-state index contributed by atoms with van der Waals surface area (Å²) >= 11 is 1.29. The Bertz CT molecular complexity index is 764. The first-order chi connectivity index (χ1) is 12.3. The van der Waals surface area contributed by atoms with Gasteiger partial charge in [0.25, 0.3) is 5.91 Å². The van der Waals surface area contributed by atoms with E-state index in [1.807, 2.05) is 0 Å². The molecule has 0 aromatic carbocycles. The van der Waals surface area contributed by atoms with Gasteiger partial charge in [0.1, 0.15) is 5.76 Å². The number of hydrogen-bond acceptors (Lipinski definition) is 6. The predicted molar refractivity (Wildman–Crippen MR) is 117 cm³/mol. The van der Waals surface area contributed by atoms with E-state index in [1.54, 1.807) is 30.3 Å². The van der Waals surface area contributed by atoms with E-state index in [4.69, 9.17) is 10.2 Å². The van der Waals surface area contributed by atoms with Gasteiger partial charge >= 0.3 is 0 Å². The SMILES string of the molecule is Cc1occc1C(=O)Nc1nc(CC(=O)N(C)CCC(N)C(C)C)cs1.Cl.Cl. The summed E-state index contributed by atoms with van der Waals surface area (Å²) in [5.74, 6) is 0.649. The van der Waals surface area contributed by atoms with Crippen LogP contribution in [0.15, 0.2) is 22.1 Å². The van der Waals surface area contributed by atoms with Crippen LogP contribution in [0.4, 0.5) is 5.13 Å². The molecule has 2 aromatic rings. The van der Waals surface area contributed by atoms with Gasteiger partial charge in [-0.2, -0.15) is 0 Å². The summed E-state index contributed by atoms with van der Waals surface area (Å²) in [6.07, 6.45) is 2.43. The van der Waals surface area contributed by atoms with Gasteiger partial charge in [-0.3, -0.25) is 14.9 Å². The fourth-order valence-corrected chi connectivity index (χ4v) is 3.03. The Morgan fingerprint density at radius 1 is 1.36 bits per heavy atom. The standard InChI is InChI=1S/C18H26N4O3S.2ClH/c1-11(2)15(19)5-7-22(4)16(23)9-13-10-26-18(20-13)21-17(24)14-6-8-25-12(14)3;;/h6,8,10-11,15H,5,7,9,19H2,1-4H3,(H,20,21,24);2*1H. The topological polar surface area (TPSA) is 101 Å². The number of nitrogens with two attached hydrogens (primary N) is 1. The van der Waals surface area contributed by atoms with Gasteiger partial charge in [-0.1, -0.05) is 13.8 Å². The fourth-order valence-electron chi connectivity index (χ4n) is 2.32. The first-order valence-corrected chi connectivity index (χ1v) is 9.45. The third kappa shape index (κ3) is 7.43. The molecule has 0 saturated carbocycles. The number of nitrogens with one attached hydrogen (secondary N) is 1. The predicted octanol–water partition coefficient (Wildman–Crippen LogP) is 3.51. The van der Waals surface area contributed by atoms with Crippen molar-refractivity contribution in [2.75, 3.05) is 18.9 Å². The van der Waals surface area contributed by atoms with Crippen LogP contribution in [0.1, 0.15) is 42.1 Å². The molecule has 2 amide bonds. The molecule has 2 rings (SSSR count). The van der Waals surface area contributed by atoms with E-state index < -0.39 is 0 Å². The number of furan rings is 1. The molecular formula is C18H28Cl2N4O3S. The Morgan fingerprint density at radius 3 is 2.61 bits per heavy atom. The number of carbonyl (C=O) groups is 2. The highest BCUT2D eigenvalue weighted by atomic mass is 35.5. The molecular weight excluding hydrogens is 423 g/mol. The third-order valence-electron chi connectivity index (χ3n) is 4.29. The Kier molecular flexibility index (Phi) is 11.4. The first kappa shape index (κ1) is 26.4. The highest BCUT2D eigenvalue weighted by Gasteiger charge is 2.16. The molecule has 0 aliphatic heterocycles. The Balaban J connectivity index is 0.00000364. The molecule has 2 aromatic heterocycles. The molecule has 28 heavy (non-hydrogen) atoms. The quantitative estimate of drug-likeness (QED) is 0.640. The number of carbonyl (C=O) groups excluding carboxylic acids is 2. The van der Waals surface area contributed by atoms with E-state index in [9.17, 15) is 9.59 Å². The van der Waals surface area contributed by atoms with Gasteiger partial charge in [0.05, 0.1) is 23.9 Å². The van der Waals surface area contributed by atoms with Gasteiger partial charge in [0, 0.05) is 25.0 Å². The number of rotatable bonds is 8. The number of halogens is 2. The maximum atomic E-state index is 12.3. The molecule has 0 fully saturated rings. The van der Waals surface area contributed by atoms with E-state index in [2.05, 4.69) is 24.1 Å². The summed E-state index contributed by atoms with van der Waals surface area (Å²) in [5.41, 5.74) is 7.13. The number of nitrogens with zero attached hydrogens (tertiary/aromatic N) is 2. The van der Waals surface area contributed by atoms with Crippen molar-refractivity contribution >= 4 is 53.1 Å². The molecule has 7 nitrogen and oxygen atoms in total. The van der Waals surface area contributed by atoms with Crippen molar-refractivity contribution in [2.45, 2.75) is 39.7 Å². The molecule has 0 bridgehead atoms. The zero-order valence-corrected chi connectivity index (χ0v) is 18.9. The van der Waals surface area contributed by atoms with Crippen LogP contribution in [0.2, 0.25) is 0 Å². The molecule has 0 saturated heterocycles. The lowest BCUT2D eigenvalue weighted by Crippen LogP contribution is -2.35. The van der Waals surface area contributed by atoms with Crippen LogP contribution < -0.4 is 11.1 Å². The van der Waals surface area contributed by atoms with E-state index >= 15 is 0 Å². The molecule has 0 spiro atoms. The van der Waals surface area contributed by atoms with Crippen molar-refractivity contribution in [3.05, 3.63) is 34.7 Å². The van der Waals surface area contributed by atoms with E-state index in [1.165, 1.54) is 17.6 Å². The zero-order valence-electron chi connectivity index (χ0n) is 16.4. The van der Waals surface area contributed by atoms with Gasteiger partial charge in [-0.15, -0.1) is 36.2 Å². The van der Waals surface area contributed by atoms with Gasteiger partial charge < -0.3 is 15.1 Å². The lowest BCUT2D eigenvalue weighted by atomic mass is 10.0. The maximum Gasteiger partial charge on any atom is 0.260 e. The molecule has 0 radical (unpaired) electrons. The molecule has 158 valence electrons. The molecule has 0 aliphatic rings. The number of aromatic nitrogens is 1. The Hall–Kier alpha value is -1.61. The van der Waals surface area contributed by atoms with E-state index in [0.29, 0.717) is 34.6 Å². The number of aryl methyl sites for hydroxylation is 1. The summed E-state index contributed by atoms with van der Waals surface area (Å²) in [4.78, 5) is 30.5. The van der Waals surface area contributed by atoms with E-state index in [-0.39, 0.29) is 49.1 Å². The number of hydrogen-bond donors (Lipinski definition) is 2. The lowest BCUT2D eigenvalue weighted by Gasteiger charge is -2.21. The van der Waals surface area contributed by atoms with Crippen LogP contribution >= 0.6 is 36.2 Å². The average Bonchev–Trinajstić information content (AvgIpc) is 3.20. The van der Waals surface area contributed by atoms with Gasteiger partial charge in [0.2, 0.25) is 5.91 Å². The van der Waals surface area contributed by atoms with E-state index in [0.717, 1.165) is 6.42 Å². The maximum absolute atomic E-state index is 12.3. The van der Waals surface area contributed by atoms with Crippen molar-refractivity contribution < 1.29 is 14.0 Å². The lowest BCUT2D eigenvalue weighted by molar-refractivity contribution is -0.129. The van der Waals surface area contributed by atoms with Crippen LogP contribution in [0, 0.1) is 12.8 Å². The monoisotopic (exact) mass is 450 g/mol. The van der Waals surface area contributed by atoms with Crippen LogP contribution in [0.5, 0.6) is 0 Å². The summed E-state index contributed by atoms with van der Waals surface area (Å²) in [6, 6.07) is 1.69. The minimum atomic E-state index is -0.275. The minimum absolute atomic E-state index is 0. The van der Waals surface area contributed by atoms with Gasteiger partial charge in [-0.25, -0.2) is 4.98 Å². The zero-order chi connectivity index (χ0) is 19.3. The summed E-state index contributed by atoms with van der Waals surface area (Å²) in [6.45, 7) is 6.48. The normalized spacial score (nSPS) is 11.4. The summed E-state index contributed by atoms with van der Waals surface area (Å²) in [7, 11) is 1.77. The number of thiazole rings is 1. The van der Waals surface area contributed by atoms with Crippen molar-refractivity contribution in [1.82, 2.24) is 9.88 Å². The second kappa shape index (κ2) is 12.1. The number of amides is 2. The largest absolute Gasteiger partial charge is 0.469 e. The molecule has 2 heterocycles.